The number of aryl methyl sites for hydroxylation is 1. The first-order chi connectivity index (χ1) is 4.75. The number of carbonyl (C=O) groups excluding carboxylic acids is 1. The van der Waals surface area contributed by atoms with Crippen LogP contribution in [0.3, 0.4) is 0 Å². The van der Waals surface area contributed by atoms with Crippen molar-refractivity contribution in [3.8, 4) is 0 Å². The molecule has 1 atom stereocenters. The lowest BCUT2D eigenvalue weighted by Gasteiger charge is -1.99. The second-order valence-corrected chi connectivity index (χ2v) is 3.13. The molecule has 0 aliphatic heterocycles. The zero-order valence-electron chi connectivity index (χ0n) is 5.57. The fraction of sp³-hybridized carbons (Fsp3) is 0.286. The van der Waals surface area contributed by atoms with Gasteiger partial charge in [0.05, 0.1) is 0 Å². The average molecular weight is 156 g/mol. The second kappa shape index (κ2) is 2.94. The van der Waals surface area contributed by atoms with Crippen molar-refractivity contribution in [2.45, 2.75) is 13.0 Å². The van der Waals surface area contributed by atoms with Gasteiger partial charge in [-0.3, -0.25) is 0 Å². The highest BCUT2D eigenvalue weighted by molar-refractivity contribution is 7.10. The number of rotatable bonds is 2. The van der Waals surface area contributed by atoms with Crippen LogP contribution in [0.1, 0.15) is 16.5 Å². The average Bonchev–Trinajstić information content (AvgIpc) is 2.34. The van der Waals surface area contributed by atoms with E-state index in [4.69, 9.17) is 5.11 Å². The highest BCUT2D eigenvalue weighted by Gasteiger charge is 2.08. The van der Waals surface area contributed by atoms with Crippen LogP contribution in [0.4, 0.5) is 0 Å². The Kier molecular flexibility index (Phi) is 2.19. The summed E-state index contributed by atoms with van der Waals surface area (Å²) in [5.41, 5.74) is 0.722. The summed E-state index contributed by atoms with van der Waals surface area (Å²) >= 11 is 1.53. The summed E-state index contributed by atoms with van der Waals surface area (Å²) in [6, 6.07) is 1.76. The summed E-state index contributed by atoms with van der Waals surface area (Å²) < 4.78 is 0. The van der Waals surface area contributed by atoms with Gasteiger partial charge in [-0.2, -0.15) is 0 Å². The molecular weight excluding hydrogens is 148 g/mol. The maximum Gasteiger partial charge on any atom is 0.153 e. The zero-order chi connectivity index (χ0) is 7.56. The molecule has 0 saturated heterocycles. The number of hydrogen-bond acceptors (Lipinski definition) is 3. The van der Waals surface area contributed by atoms with Crippen LogP contribution in [0.25, 0.3) is 0 Å². The Bertz CT molecular complexity index is 229. The molecule has 1 aromatic heterocycles. The standard InChI is InChI=1S/C7H8O2S/c1-5-6(2-3-10-5)7(9)4-8/h2-4,7,9H,1H3. The molecule has 0 saturated carbocycles. The molecule has 0 bridgehead atoms. The number of carbonyl (C=O) groups is 1. The number of hydrogen-bond donors (Lipinski definition) is 1. The van der Waals surface area contributed by atoms with E-state index in [-0.39, 0.29) is 0 Å². The molecule has 0 spiro atoms. The molecule has 1 heterocycles. The molecule has 0 radical (unpaired) electrons. The quantitative estimate of drug-likeness (QED) is 0.655. The van der Waals surface area contributed by atoms with Gasteiger partial charge in [-0.1, -0.05) is 0 Å². The summed E-state index contributed by atoms with van der Waals surface area (Å²) in [5.74, 6) is 0. The smallest absolute Gasteiger partial charge is 0.153 e. The molecule has 1 aromatic rings. The third-order valence-electron chi connectivity index (χ3n) is 1.35. The summed E-state index contributed by atoms with van der Waals surface area (Å²) in [6.07, 6.45) is -0.402. The molecule has 1 rings (SSSR count). The minimum absolute atomic E-state index is 0.537. The predicted octanol–water partition coefficient (Wildman–Crippen LogP) is 1.29. The molecular formula is C7H8O2S. The lowest BCUT2D eigenvalue weighted by atomic mass is 10.2. The summed E-state index contributed by atoms with van der Waals surface area (Å²) in [6.45, 7) is 1.88. The van der Waals surface area contributed by atoms with Crippen molar-refractivity contribution in [3.05, 3.63) is 21.9 Å². The molecule has 3 heteroatoms. The number of aliphatic hydroxyl groups is 1. The monoisotopic (exact) mass is 156 g/mol. The Morgan fingerprint density at radius 3 is 2.90 bits per heavy atom. The van der Waals surface area contributed by atoms with Crippen molar-refractivity contribution in [1.82, 2.24) is 0 Å². The van der Waals surface area contributed by atoms with Crippen LogP contribution in [0.2, 0.25) is 0 Å². The molecule has 1 unspecified atom stereocenters. The lowest BCUT2D eigenvalue weighted by Crippen LogP contribution is -1.97. The molecule has 0 aromatic carbocycles. The Hall–Kier alpha value is -0.670. The molecule has 1 N–H and O–H groups in total. The van der Waals surface area contributed by atoms with Crippen molar-refractivity contribution >= 4 is 17.6 Å². The van der Waals surface area contributed by atoms with Gasteiger partial charge in [-0.25, -0.2) is 0 Å². The Morgan fingerprint density at radius 1 is 1.80 bits per heavy atom. The van der Waals surface area contributed by atoms with Crippen molar-refractivity contribution < 1.29 is 9.90 Å². The first-order valence-corrected chi connectivity index (χ1v) is 3.81. The Balaban J connectivity index is 2.92. The third kappa shape index (κ3) is 1.25. The van der Waals surface area contributed by atoms with Gasteiger partial charge < -0.3 is 9.90 Å². The third-order valence-corrected chi connectivity index (χ3v) is 2.21. The van der Waals surface area contributed by atoms with Crippen LogP contribution in [-0.4, -0.2) is 11.4 Å². The number of aliphatic hydroxyl groups excluding tert-OH is 1. The van der Waals surface area contributed by atoms with Gasteiger partial charge in [-0.05, 0) is 18.4 Å². The molecule has 10 heavy (non-hydrogen) atoms. The van der Waals surface area contributed by atoms with E-state index in [2.05, 4.69) is 0 Å². The van der Waals surface area contributed by atoms with Crippen molar-refractivity contribution in [1.29, 1.82) is 0 Å². The summed E-state index contributed by atoms with van der Waals surface area (Å²) in [4.78, 5) is 11.1. The minimum atomic E-state index is -0.939. The van der Waals surface area contributed by atoms with E-state index in [1.807, 2.05) is 12.3 Å². The van der Waals surface area contributed by atoms with Gasteiger partial charge in [0, 0.05) is 10.4 Å². The van der Waals surface area contributed by atoms with E-state index < -0.39 is 6.10 Å². The molecule has 54 valence electrons. The molecule has 0 aliphatic rings. The van der Waals surface area contributed by atoms with Gasteiger partial charge in [0.15, 0.2) is 6.29 Å². The Morgan fingerprint density at radius 2 is 2.50 bits per heavy atom. The summed E-state index contributed by atoms with van der Waals surface area (Å²) in [7, 11) is 0. The van der Waals surface area contributed by atoms with E-state index in [1.54, 1.807) is 6.07 Å². The van der Waals surface area contributed by atoms with Crippen molar-refractivity contribution in [2.75, 3.05) is 0 Å². The van der Waals surface area contributed by atoms with Crippen LogP contribution >= 0.6 is 11.3 Å². The van der Waals surface area contributed by atoms with E-state index in [0.29, 0.717) is 6.29 Å². The van der Waals surface area contributed by atoms with Gasteiger partial charge >= 0.3 is 0 Å². The van der Waals surface area contributed by atoms with E-state index >= 15 is 0 Å². The van der Waals surface area contributed by atoms with Crippen LogP contribution in [-0.2, 0) is 4.79 Å². The lowest BCUT2D eigenvalue weighted by molar-refractivity contribution is -0.115. The maximum atomic E-state index is 10.1. The number of aldehydes is 1. The topological polar surface area (TPSA) is 37.3 Å². The first kappa shape index (κ1) is 7.44. The molecule has 0 fully saturated rings. The van der Waals surface area contributed by atoms with Gasteiger partial charge in [-0.15, -0.1) is 11.3 Å². The highest BCUT2D eigenvalue weighted by atomic mass is 32.1. The van der Waals surface area contributed by atoms with Crippen LogP contribution in [0.5, 0.6) is 0 Å². The van der Waals surface area contributed by atoms with E-state index in [9.17, 15) is 4.79 Å². The fourth-order valence-electron chi connectivity index (χ4n) is 0.775. The Labute approximate surface area is 63.1 Å². The van der Waals surface area contributed by atoms with Gasteiger partial charge in [0.2, 0.25) is 0 Å². The van der Waals surface area contributed by atoms with E-state index in [1.165, 1.54) is 11.3 Å². The van der Waals surface area contributed by atoms with Crippen molar-refractivity contribution in [3.63, 3.8) is 0 Å². The molecule has 0 amide bonds. The molecule has 2 nitrogen and oxygen atoms in total. The highest BCUT2D eigenvalue weighted by Crippen LogP contribution is 2.20. The van der Waals surface area contributed by atoms with Crippen molar-refractivity contribution in [2.24, 2.45) is 0 Å². The van der Waals surface area contributed by atoms with Crippen LogP contribution < -0.4 is 0 Å². The second-order valence-electron chi connectivity index (χ2n) is 2.01. The normalized spacial score (nSPS) is 13.0. The fourth-order valence-corrected chi connectivity index (χ4v) is 1.52. The first-order valence-electron chi connectivity index (χ1n) is 2.93. The zero-order valence-corrected chi connectivity index (χ0v) is 6.39. The SMILES string of the molecule is Cc1sccc1C(O)C=O. The van der Waals surface area contributed by atoms with Gasteiger partial charge in [0.1, 0.15) is 6.10 Å². The van der Waals surface area contributed by atoms with Crippen LogP contribution in [0.15, 0.2) is 11.4 Å². The largest absolute Gasteiger partial charge is 0.381 e. The minimum Gasteiger partial charge on any atom is -0.381 e. The van der Waals surface area contributed by atoms with Gasteiger partial charge in [0.25, 0.3) is 0 Å². The van der Waals surface area contributed by atoms with Crippen LogP contribution in [0, 0.1) is 6.92 Å². The molecule has 0 aliphatic carbocycles. The summed E-state index contributed by atoms with van der Waals surface area (Å²) in [5, 5.41) is 10.9. The number of thiophene rings is 1. The maximum absolute atomic E-state index is 10.1. The van der Waals surface area contributed by atoms with E-state index in [0.717, 1.165) is 10.4 Å². The predicted molar refractivity (Wildman–Crippen MR) is 40.1 cm³/mol.